The Hall–Kier alpha value is -3.22. The molecule has 4 aromatic carbocycles. The zero-order chi connectivity index (χ0) is 35.5. The summed E-state index contributed by atoms with van der Waals surface area (Å²) in [5.41, 5.74) is 1.63. The number of sulfone groups is 2. The van der Waals surface area contributed by atoms with E-state index in [2.05, 4.69) is 83.1 Å². The van der Waals surface area contributed by atoms with Crippen LogP contribution in [0.2, 0.25) is 0 Å². The average molecular weight is 667 g/mol. The van der Waals surface area contributed by atoms with Gasteiger partial charge >= 0.3 is 0 Å². The summed E-state index contributed by atoms with van der Waals surface area (Å²) < 4.78 is 48.2. The molecule has 0 saturated heterocycles. The molecular formula is C40H58O4S2. The average Bonchev–Trinajstić information content (AvgIpc) is 3.20. The molecule has 0 aromatic heterocycles. The second kappa shape index (κ2) is 21.6. The molecule has 0 radical (unpaired) electrons. The van der Waals surface area contributed by atoms with Gasteiger partial charge in [0.1, 0.15) is 0 Å². The van der Waals surface area contributed by atoms with Crippen LogP contribution in [0.3, 0.4) is 0 Å². The smallest absolute Gasteiger partial charge is 0.207 e. The summed E-state index contributed by atoms with van der Waals surface area (Å²) in [6, 6.07) is 31.1. The highest BCUT2D eigenvalue weighted by Gasteiger charge is 2.31. The summed E-state index contributed by atoms with van der Waals surface area (Å²) in [4.78, 5) is 1.50. The zero-order valence-corrected chi connectivity index (χ0v) is 31.8. The van der Waals surface area contributed by atoms with Gasteiger partial charge in [0.05, 0.1) is 19.6 Å². The van der Waals surface area contributed by atoms with Gasteiger partial charge in [-0.3, -0.25) is 0 Å². The van der Waals surface area contributed by atoms with Crippen molar-refractivity contribution in [3.8, 4) is 11.1 Å². The van der Waals surface area contributed by atoms with Gasteiger partial charge in [0.15, 0.2) is 0 Å². The van der Waals surface area contributed by atoms with Gasteiger partial charge in [-0.15, -0.1) is 0 Å². The van der Waals surface area contributed by atoms with E-state index in [0.717, 1.165) is 34.8 Å². The van der Waals surface area contributed by atoms with Crippen molar-refractivity contribution in [2.24, 2.45) is 23.7 Å². The standard InChI is InChI=1S/C12H8O2S.C12H10O2S.4C4H10/c13-15(14)11-7-3-1-5-9(11)10-6-2-4-8-12(10)15;13-15(14,11-7-3-1-4-8-11)12-9-5-2-6-10-12;4*1-4(2)3/h1-8H;1-10H;4*4H,1-3H3. The molecule has 0 atom stereocenters. The second-order valence-corrected chi connectivity index (χ2v) is 17.4. The van der Waals surface area contributed by atoms with Crippen molar-refractivity contribution in [1.29, 1.82) is 0 Å². The van der Waals surface area contributed by atoms with Crippen molar-refractivity contribution in [2.75, 3.05) is 0 Å². The molecule has 1 aliphatic rings. The van der Waals surface area contributed by atoms with Crippen molar-refractivity contribution in [3.63, 3.8) is 0 Å². The molecule has 0 amide bonds. The number of benzene rings is 4. The van der Waals surface area contributed by atoms with Crippen LogP contribution < -0.4 is 0 Å². The lowest BCUT2D eigenvalue weighted by Crippen LogP contribution is -2.00. The van der Waals surface area contributed by atoms with E-state index in [1.165, 1.54) is 0 Å². The van der Waals surface area contributed by atoms with Crippen LogP contribution in [0.4, 0.5) is 0 Å². The lowest BCUT2D eigenvalue weighted by molar-refractivity contribution is 0.595. The van der Waals surface area contributed by atoms with Gasteiger partial charge in [-0.2, -0.15) is 0 Å². The van der Waals surface area contributed by atoms with Crippen molar-refractivity contribution in [3.05, 3.63) is 109 Å². The topological polar surface area (TPSA) is 68.3 Å². The summed E-state index contributed by atoms with van der Waals surface area (Å²) in [5, 5.41) is 0. The summed E-state index contributed by atoms with van der Waals surface area (Å²) in [6.45, 7) is 26.0. The molecular weight excluding hydrogens is 609 g/mol. The van der Waals surface area contributed by atoms with E-state index in [1.54, 1.807) is 84.9 Å². The van der Waals surface area contributed by atoms with Crippen LogP contribution in [0.25, 0.3) is 11.1 Å². The molecule has 5 rings (SSSR count). The monoisotopic (exact) mass is 666 g/mol. The summed E-state index contributed by atoms with van der Waals surface area (Å²) in [5.74, 6) is 3.33. The van der Waals surface area contributed by atoms with Gasteiger partial charge in [-0.05, 0) is 60.1 Å². The van der Waals surface area contributed by atoms with Crippen molar-refractivity contribution in [1.82, 2.24) is 0 Å². The molecule has 1 heterocycles. The van der Waals surface area contributed by atoms with Crippen LogP contribution in [0.1, 0.15) is 83.1 Å². The van der Waals surface area contributed by atoms with Crippen LogP contribution >= 0.6 is 0 Å². The van der Waals surface area contributed by atoms with E-state index in [4.69, 9.17) is 0 Å². The SMILES string of the molecule is CC(C)C.CC(C)C.CC(C)C.CC(C)C.O=S(=O)(c1ccccc1)c1ccccc1.O=S1(=O)c2ccccc2-c2ccccc21. The van der Waals surface area contributed by atoms with Crippen LogP contribution in [0.5, 0.6) is 0 Å². The second-order valence-electron chi connectivity index (χ2n) is 13.6. The van der Waals surface area contributed by atoms with E-state index in [-0.39, 0.29) is 0 Å². The maximum absolute atomic E-state index is 12.1. The molecule has 46 heavy (non-hydrogen) atoms. The van der Waals surface area contributed by atoms with Crippen molar-refractivity contribution in [2.45, 2.75) is 103 Å². The first-order valence-corrected chi connectivity index (χ1v) is 19.1. The fourth-order valence-electron chi connectivity index (χ4n) is 3.30. The molecule has 0 N–H and O–H groups in total. The fourth-order valence-corrected chi connectivity index (χ4v) is 6.29. The third-order valence-electron chi connectivity index (χ3n) is 4.75. The largest absolute Gasteiger partial charge is 0.219 e. The predicted octanol–water partition coefficient (Wildman–Crippen LogP) is 11.7. The molecule has 0 unspecified atom stereocenters. The van der Waals surface area contributed by atoms with Gasteiger partial charge in [-0.25, -0.2) is 16.8 Å². The van der Waals surface area contributed by atoms with E-state index in [1.807, 2.05) is 24.3 Å². The molecule has 0 bridgehead atoms. The zero-order valence-electron chi connectivity index (χ0n) is 30.2. The Balaban J connectivity index is 0.000000608. The summed E-state index contributed by atoms with van der Waals surface area (Å²) >= 11 is 0. The lowest BCUT2D eigenvalue weighted by atomic mass is 10.1. The minimum Gasteiger partial charge on any atom is -0.219 e. The maximum atomic E-state index is 12.1. The Morgan fingerprint density at radius 2 is 0.609 bits per heavy atom. The third kappa shape index (κ3) is 16.4. The molecule has 4 nitrogen and oxygen atoms in total. The first-order chi connectivity index (χ1) is 21.3. The molecule has 6 heteroatoms. The molecule has 0 saturated carbocycles. The quantitative estimate of drug-likeness (QED) is 0.188. The van der Waals surface area contributed by atoms with Gasteiger partial charge in [0.25, 0.3) is 0 Å². The van der Waals surface area contributed by atoms with E-state index < -0.39 is 19.7 Å². The highest BCUT2D eigenvalue weighted by Crippen LogP contribution is 2.42. The van der Waals surface area contributed by atoms with E-state index in [9.17, 15) is 16.8 Å². The molecule has 254 valence electrons. The summed E-state index contributed by atoms with van der Waals surface area (Å²) in [7, 11) is -6.60. The minimum atomic E-state index is -3.34. The number of fused-ring (bicyclic) bond motifs is 3. The van der Waals surface area contributed by atoms with Crippen LogP contribution in [0.15, 0.2) is 129 Å². The van der Waals surface area contributed by atoms with Gasteiger partial charge < -0.3 is 0 Å². The van der Waals surface area contributed by atoms with Gasteiger partial charge in [-0.1, -0.05) is 156 Å². The Labute approximate surface area is 282 Å². The molecule has 0 spiro atoms. The Morgan fingerprint density at radius 3 is 0.870 bits per heavy atom. The van der Waals surface area contributed by atoms with E-state index in [0.29, 0.717) is 19.6 Å². The van der Waals surface area contributed by atoms with Crippen molar-refractivity contribution < 1.29 is 16.8 Å². The molecule has 0 fully saturated rings. The Kier molecular flexibility index (Phi) is 20.0. The highest BCUT2D eigenvalue weighted by atomic mass is 32.2. The van der Waals surface area contributed by atoms with Crippen LogP contribution in [0, 0.1) is 23.7 Å². The fraction of sp³-hybridized carbons (Fsp3) is 0.400. The molecule has 0 aliphatic carbocycles. The van der Waals surface area contributed by atoms with Gasteiger partial charge in [0, 0.05) is 11.1 Å². The molecule has 4 aromatic rings. The Bertz CT molecular complexity index is 1450. The first-order valence-electron chi connectivity index (χ1n) is 16.1. The number of rotatable bonds is 2. The lowest BCUT2D eigenvalue weighted by Gasteiger charge is -2.03. The highest BCUT2D eigenvalue weighted by molar-refractivity contribution is 7.92. The van der Waals surface area contributed by atoms with Crippen LogP contribution in [-0.2, 0) is 19.7 Å². The normalized spacial score (nSPS) is 11.9. The van der Waals surface area contributed by atoms with E-state index >= 15 is 0 Å². The maximum Gasteiger partial charge on any atom is 0.207 e. The van der Waals surface area contributed by atoms with Gasteiger partial charge in [0.2, 0.25) is 19.7 Å². The number of hydrogen-bond acceptors (Lipinski definition) is 4. The molecule has 1 aliphatic heterocycles. The summed E-state index contributed by atoms with van der Waals surface area (Å²) in [6.07, 6.45) is 0. The van der Waals surface area contributed by atoms with Crippen LogP contribution in [-0.4, -0.2) is 16.8 Å². The predicted molar refractivity (Wildman–Crippen MR) is 198 cm³/mol. The Morgan fingerprint density at radius 1 is 0.391 bits per heavy atom. The first kappa shape index (κ1) is 42.8. The number of hydrogen-bond donors (Lipinski definition) is 0. The van der Waals surface area contributed by atoms with Crippen molar-refractivity contribution >= 4 is 19.7 Å². The third-order valence-corrected chi connectivity index (χ3v) is 8.41. The minimum absolute atomic E-state index is 0.330.